The molecule has 0 atom stereocenters. The molecule has 1 aliphatic rings. The molecule has 0 bridgehead atoms. The number of carbonyl (C=O) groups excluding carboxylic acids is 2. The van der Waals surface area contributed by atoms with E-state index in [1.165, 1.54) is 0 Å². The van der Waals surface area contributed by atoms with Crippen LogP contribution in [0.15, 0.2) is 80.7 Å². The van der Waals surface area contributed by atoms with Crippen LogP contribution in [0.4, 0.5) is 5.69 Å². The highest BCUT2D eigenvalue weighted by Gasteiger charge is 2.28. The Bertz CT molecular complexity index is 1450. The van der Waals surface area contributed by atoms with Crippen molar-refractivity contribution in [3.8, 4) is 0 Å². The van der Waals surface area contributed by atoms with E-state index in [0.717, 1.165) is 46.2 Å². The topological polar surface area (TPSA) is 83.7 Å². The summed E-state index contributed by atoms with van der Waals surface area (Å²) in [6.07, 6.45) is 2.23. The van der Waals surface area contributed by atoms with Gasteiger partial charge in [-0.15, -0.1) is 0 Å². The fraction of sp³-hybridized carbons (Fsp3) is 0.148. The molecule has 170 valence electrons. The number of hydrogen-bond donors (Lipinski definition) is 2. The molecule has 7 heteroatoms. The van der Waals surface area contributed by atoms with Crippen LogP contribution in [0.3, 0.4) is 0 Å². The van der Waals surface area contributed by atoms with E-state index >= 15 is 0 Å². The molecule has 2 amide bonds. The van der Waals surface area contributed by atoms with Crippen molar-refractivity contribution in [2.45, 2.75) is 26.2 Å². The van der Waals surface area contributed by atoms with E-state index in [9.17, 15) is 9.59 Å². The van der Waals surface area contributed by atoms with E-state index in [1.807, 2.05) is 61.5 Å². The maximum Gasteiger partial charge on any atom is 0.291 e. The van der Waals surface area contributed by atoms with Gasteiger partial charge in [0, 0.05) is 33.1 Å². The molecule has 0 saturated carbocycles. The number of hydrazone groups is 1. The van der Waals surface area contributed by atoms with Crippen LogP contribution < -0.4 is 10.7 Å². The predicted octanol–water partition coefficient (Wildman–Crippen LogP) is 6.23. The molecular formula is C27H22BrN3O3. The predicted molar refractivity (Wildman–Crippen MR) is 136 cm³/mol. The van der Waals surface area contributed by atoms with Gasteiger partial charge in [0.25, 0.3) is 11.8 Å². The third-order valence-electron chi connectivity index (χ3n) is 5.98. The zero-order valence-corrected chi connectivity index (χ0v) is 20.1. The van der Waals surface area contributed by atoms with Crippen molar-refractivity contribution < 1.29 is 14.0 Å². The van der Waals surface area contributed by atoms with Crippen LogP contribution >= 0.6 is 15.9 Å². The summed E-state index contributed by atoms with van der Waals surface area (Å²) in [5, 5.41) is 9.41. The molecule has 0 saturated heterocycles. The van der Waals surface area contributed by atoms with Gasteiger partial charge in [0.1, 0.15) is 5.76 Å². The first-order valence-electron chi connectivity index (χ1n) is 11.1. The number of halogens is 1. The molecule has 3 aromatic carbocycles. The van der Waals surface area contributed by atoms with Gasteiger partial charge >= 0.3 is 0 Å². The van der Waals surface area contributed by atoms with Gasteiger partial charge < -0.3 is 9.73 Å². The molecule has 34 heavy (non-hydrogen) atoms. The number of anilines is 1. The number of amides is 2. The van der Waals surface area contributed by atoms with Crippen molar-refractivity contribution in [3.05, 3.63) is 99.4 Å². The number of aryl methyl sites for hydroxylation is 1. The Morgan fingerprint density at radius 1 is 0.941 bits per heavy atom. The highest BCUT2D eigenvalue weighted by atomic mass is 79.9. The number of benzene rings is 3. The number of nitrogens with zero attached hydrogens (tertiary/aromatic N) is 1. The van der Waals surface area contributed by atoms with E-state index in [2.05, 4.69) is 31.8 Å². The maximum absolute atomic E-state index is 13.2. The summed E-state index contributed by atoms with van der Waals surface area (Å²) < 4.78 is 6.71. The Morgan fingerprint density at radius 3 is 2.56 bits per heavy atom. The molecule has 1 aromatic heterocycles. The lowest BCUT2D eigenvalue weighted by Crippen LogP contribution is -2.22. The van der Waals surface area contributed by atoms with Gasteiger partial charge in [0.2, 0.25) is 0 Å². The summed E-state index contributed by atoms with van der Waals surface area (Å²) in [6, 6.07) is 20.9. The number of furan rings is 1. The second-order valence-electron chi connectivity index (χ2n) is 8.17. The highest BCUT2D eigenvalue weighted by molar-refractivity contribution is 9.10. The Balaban J connectivity index is 1.42. The smallest absolute Gasteiger partial charge is 0.291 e. The van der Waals surface area contributed by atoms with Gasteiger partial charge in [-0.1, -0.05) is 48.5 Å². The summed E-state index contributed by atoms with van der Waals surface area (Å²) in [7, 11) is 0. The average molecular weight is 516 g/mol. The first kappa shape index (κ1) is 22.1. The van der Waals surface area contributed by atoms with Crippen molar-refractivity contribution in [1.82, 2.24) is 5.43 Å². The molecule has 1 heterocycles. The summed E-state index contributed by atoms with van der Waals surface area (Å²) in [4.78, 5) is 25.8. The second kappa shape index (κ2) is 9.27. The van der Waals surface area contributed by atoms with Gasteiger partial charge in [-0.3, -0.25) is 9.59 Å². The summed E-state index contributed by atoms with van der Waals surface area (Å²) in [5.74, 6) is 0.382. The number of nitrogens with one attached hydrogen (secondary N) is 2. The molecule has 0 aliphatic heterocycles. The van der Waals surface area contributed by atoms with Crippen LogP contribution in [0.25, 0.3) is 10.8 Å². The molecule has 0 unspecified atom stereocenters. The van der Waals surface area contributed by atoms with Crippen molar-refractivity contribution in [2.75, 3.05) is 5.32 Å². The lowest BCUT2D eigenvalue weighted by atomic mass is 9.93. The standard InChI is InChI=1S/C27H22BrN3O3/c1-16-24-22(30-31-26(32)19-11-4-5-12-20(19)28)14-7-15-23(24)34-25(16)27(33)29-21-13-6-9-17-8-2-3-10-18(17)21/h2-6,8-13H,7,14-15H2,1H3,(H,29,33)(H,31,32)/b30-22+. The first-order chi connectivity index (χ1) is 16.5. The molecule has 0 radical (unpaired) electrons. The van der Waals surface area contributed by atoms with Gasteiger partial charge in [-0.25, -0.2) is 5.43 Å². The van der Waals surface area contributed by atoms with Crippen LogP contribution in [-0.2, 0) is 6.42 Å². The number of rotatable bonds is 4. The summed E-state index contributed by atoms with van der Waals surface area (Å²) >= 11 is 3.39. The van der Waals surface area contributed by atoms with Crippen molar-refractivity contribution in [3.63, 3.8) is 0 Å². The second-order valence-corrected chi connectivity index (χ2v) is 9.02. The van der Waals surface area contributed by atoms with Gasteiger partial charge in [0.05, 0.1) is 11.3 Å². The Labute approximate surface area is 205 Å². The van der Waals surface area contributed by atoms with Crippen molar-refractivity contribution >= 4 is 49.9 Å². The van der Waals surface area contributed by atoms with Crippen LogP contribution in [-0.4, -0.2) is 17.5 Å². The van der Waals surface area contributed by atoms with Crippen LogP contribution in [0.2, 0.25) is 0 Å². The Kier molecular flexibility index (Phi) is 6.02. The molecule has 0 fully saturated rings. The number of carbonyl (C=O) groups is 2. The highest BCUT2D eigenvalue weighted by Crippen LogP contribution is 2.31. The number of fused-ring (bicyclic) bond motifs is 2. The monoisotopic (exact) mass is 515 g/mol. The molecule has 4 aromatic rings. The fourth-order valence-electron chi connectivity index (χ4n) is 4.33. The Morgan fingerprint density at radius 2 is 1.71 bits per heavy atom. The molecule has 6 nitrogen and oxygen atoms in total. The van der Waals surface area contributed by atoms with Crippen LogP contribution in [0, 0.1) is 6.92 Å². The zero-order chi connectivity index (χ0) is 23.7. The Hall–Kier alpha value is -3.71. The van der Waals surface area contributed by atoms with Gasteiger partial charge in [-0.2, -0.15) is 5.10 Å². The lowest BCUT2D eigenvalue weighted by Gasteiger charge is -2.13. The lowest BCUT2D eigenvalue weighted by molar-refractivity contribution is 0.0952. The average Bonchev–Trinajstić information content (AvgIpc) is 3.20. The third kappa shape index (κ3) is 4.15. The van der Waals surface area contributed by atoms with Gasteiger partial charge in [0.15, 0.2) is 5.76 Å². The minimum Gasteiger partial charge on any atom is -0.455 e. The quantitative estimate of drug-likeness (QED) is 0.316. The van der Waals surface area contributed by atoms with E-state index < -0.39 is 0 Å². The molecule has 2 N–H and O–H groups in total. The van der Waals surface area contributed by atoms with Crippen molar-refractivity contribution in [2.24, 2.45) is 5.10 Å². The fourth-order valence-corrected chi connectivity index (χ4v) is 4.80. The minimum absolute atomic E-state index is 0.268. The van der Waals surface area contributed by atoms with Crippen molar-refractivity contribution in [1.29, 1.82) is 0 Å². The van der Waals surface area contributed by atoms with Crippen LogP contribution in [0.1, 0.15) is 50.6 Å². The summed E-state index contributed by atoms with van der Waals surface area (Å²) in [5.41, 5.74) is 6.13. The molecular weight excluding hydrogens is 494 g/mol. The number of hydrogen-bond acceptors (Lipinski definition) is 4. The van der Waals surface area contributed by atoms with E-state index in [-0.39, 0.29) is 17.6 Å². The maximum atomic E-state index is 13.2. The van der Waals surface area contributed by atoms with Gasteiger partial charge in [-0.05, 0) is 59.3 Å². The van der Waals surface area contributed by atoms with E-state index in [4.69, 9.17) is 4.42 Å². The minimum atomic E-state index is -0.306. The molecule has 0 spiro atoms. The van der Waals surface area contributed by atoms with E-state index in [1.54, 1.807) is 12.1 Å². The molecule has 5 rings (SSSR count). The summed E-state index contributed by atoms with van der Waals surface area (Å²) in [6.45, 7) is 1.86. The molecule has 1 aliphatic carbocycles. The van der Waals surface area contributed by atoms with Crippen LogP contribution in [0.5, 0.6) is 0 Å². The largest absolute Gasteiger partial charge is 0.455 e. The zero-order valence-electron chi connectivity index (χ0n) is 18.5. The first-order valence-corrected chi connectivity index (χ1v) is 11.9. The third-order valence-corrected chi connectivity index (χ3v) is 6.67. The SMILES string of the molecule is Cc1c(C(=O)Nc2cccc3ccccc23)oc2c1/C(=N/NC(=O)c1ccccc1Br)CCC2. The van der Waals surface area contributed by atoms with E-state index in [0.29, 0.717) is 22.2 Å². The normalized spacial score (nSPS) is 14.1.